The van der Waals surface area contributed by atoms with E-state index in [2.05, 4.69) is 39.0 Å². The van der Waals surface area contributed by atoms with E-state index in [1.54, 1.807) is 0 Å². The molecule has 0 spiro atoms. The summed E-state index contributed by atoms with van der Waals surface area (Å²) in [6, 6.07) is 6.49. The molecule has 1 aromatic carbocycles. The minimum atomic E-state index is -0.133. The third-order valence-corrected chi connectivity index (χ3v) is 3.83. The van der Waals surface area contributed by atoms with Crippen LogP contribution < -0.4 is 0 Å². The Morgan fingerprint density at radius 3 is 2.53 bits per heavy atom. The summed E-state index contributed by atoms with van der Waals surface area (Å²) in [6.07, 6.45) is 1.01. The number of aliphatic hydroxyl groups excluding tert-OH is 1. The molecule has 2 nitrogen and oxygen atoms in total. The van der Waals surface area contributed by atoms with Crippen molar-refractivity contribution in [1.29, 1.82) is 0 Å². The molecule has 2 heteroatoms. The predicted molar refractivity (Wildman–Crippen MR) is 69.3 cm³/mol. The molecule has 94 valence electrons. The molecule has 1 aromatic rings. The molecule has 1 unspecified atom stereocenters. The highest BCUT2D eigenvalue weighted by molar-refractivity contribution is 5.36. The van der Waals surface area contributed by atoms with Crippen molar-refractivity contribution >= 4 is 0 Å². The van der Waals surface area contributed by atoms with Crippen LogP contribution in [0.25, 0.3) is 0 Å². The topological polar surface area (TPSA) is 29.5 Å². The first kappa shape index (κ1) is 12.6. The van der Waals surface area contributed by atoms with Gasteiger partial charge in [0.15, 0.2) is 0 Å². The van der Waals surface area contributed by atoms with Crippen LogP contribution in [0.5, 0.6) is 0 Å². The Morgan fingerprint density at radius 2 is 2.06 bits per heavy atom. The van der Waals surface area contributed by atoms with Gasteiger partial charge >= 0.3 is 0 Å². The Hall–Kier alpha value is -0.860. The van der Waals surface area contributed by atoms with Crippen molar-refractivity contribution in [3.63, 3.8) is 0 Å². The van der Waals surface area contributed by atoms with Crippen molar-refractivity contribution in [3.05, 3.63) is 34.9 Å². The summed E-state index contributed by atoms with van der Waals surface area (Å²) in [5, 5.41) is 9.76. The molecular formula is C15H22O2. The van der Waals surface area contributed by atoms with Crippen molar-refractivity contribution in [2.75, 3.05) is 19.8 Å². The smallest absolute Gasteiger partial charge is 0.0525 e. The van der Waals surface area contributed by atoms with E-state index in [4.69, 9.17) is 4.74 Å². The number of benzene rings is 1. The predicted octanol–water partition coefficient (Wildman–Crippen LogP) is 2.59. The minimum absolute atomic E-state index is 0.133. The number of rotatable bonds is 4. The zero-order chi connectivity index (χ0) is 12.5. The van der Waals surface area contributed by atoms with Crippen molar-refractivity contribution in [3.8, 4) is 0 Å². The van der Waals surface area contributed by atoms with Gasteiger partial charge in [-0.3, -0.25) is 0 Å². The highest BCUT2D eigenvalue weighted by Gasteiger charge is 2.33. The van der Waals surface area contributed by atoms with Crippen LogP contribution in [0.3, 0.4) is 0 Å². The molecule has 0 amide bonds. The fourth-order valence-electron chi connectivity index (χ4n) is 2.79. The Bertz CT molecular complexity index is 396. The van der Waals surface area contributed by atoms with Gasteiger partial charge in [0, 0.05) is 11.3 Å². The van der Waals surface area contributed by atoms with Crippen LogP contribution in [-0.2, 0) is 10.2 Å². The lowest BCUT2D eigenvalue weighted by Gasteiger charge is -2.37. The first-order valence-corrected chi connectivity index (χ1v) is 6.31. The lowest BCUT2D eigenvalue weighted by molar-refractivity contribution is -0.0485. The monoisotopic (exact) mass is 234 g/mol. The average Bonchev–Trinajstić information content (AvgIpc) is 2.23. The van der Waals surface area contributed by atoms with Crippen LogP contribution in [0, 0.1) is 19.8 Å². The lowest BCUT2D eigenvalue weighted by Crippen LogP contribution is -2.38. The van der Waals surface area contributed by atoms with Gasteiger partial charge < -0.3 is 9.84 Å². The van der Waals surface area contributed by atoms with Crippen LogP contribution >= 0.6 is 0 Å². The molecule has 0 bridgehead atoms. The third-order valence-electron chi connectivity index (χ3n) is 3.83. The molecule has 1 N–H and O–H groups in total. The van der Waals surface area contributed by atoms with Gasteiger partial charge in [0.2, 0.25) is 0 Å². The molecule has 17 heavy (non-hydrogen) atoms. The number of hydrogen-bond donors (Lipinski definition) is 1. The molecule has 1 aliphatic heterocycles. The molecule has 1 heterocycles. The highest BCUT2D eigenvalue weighted by Crippen LogP contribution is 2.35. The van der Waals surface area contributed by atoms with Gasteiger partial charge in [-0.05, 0) is 31.4 Å². The summed E-state index contributed by atoms with van der Waals surface area (Å²) in [7, 11) is 0. The molecule has 1 aliphatic rings. The summed E-state index contributed by atoms with van der Waals surface area (Å²) in [5.41, 5.74) is 3.70. The van der Waals surface area contributed by atoms with E-state index in [1.165, 1.54) is 16.7 Å². The fraction of sp³-hybridized carbons (Fsp3) is 0.600. The van der Waals surface area contributed by atoms with Gasteiger partial charge in [-0.15, -0.1) is 0 Å². The third kappa shape index (κ3) is 2.53. The van der Waals surface area contributed by atoms with Crippen molar-refractivity contribution in [2.24, 2.45) is 5.92 Å². The van der Waals surface area contributed by atoms with E-state index < -0.39 is 0 Å². The largest absolute Gasteiger partial charge is 0.395 e. The second-order valence-electron chi connectivity index (χ2n) is 5.64. The zero-order valence-corrected chi connectivity index (χ0v) is 11.0. The first-order valence-electron chi connectivity index (χ1n) is 6.31. The molecule has 0 saturated carbocycles. The summed E-state index contributed by atoms with van der Waals surface area (Å²) >= 11 is 0. The normalized spacial score (nSPS) is 19.8. The van der Waals surface area contributed by atoms with E-state index in [0.717, 1.165) is 19.6 Å². The standard InChI is InChI=1S/C15H22O2/c1-11-4-5-14(12(2)6-11)15(3,10-16)7-13-8-17-9-13/h4-6,13,16H,7-10H2,1-3H3. The second-order valence-corrected chi connectivity index (χ2v) is 5.64. The number of ether oxygens (including phenoxy) is 1. The first-order chi connectivity index (χ1) is 8.05. The quantitative estimate of drug-likeness (QED) is 0.867. The summed E-state index contributed by atoms with van der Waals surface area (Å²) in [6.45, 7) is 8.29. The highest BCUT2D eigenvalue weighted by atomic mass is 16.5. The second kappa shape index (κ2) is 4.79. The van der Waals surface area contributed by atoms with Gasteiger partial charge in [-0.2, -0.15) is 0 Å². The van der Waals surface area contributed by atoms with Gasteiger partial charge in [-0.25, -0.2) is 0 Å². The maximum atomic E-state index is 9.76. The molecule has 0 radical (unpaired) electrons. The Morgan fingerprint density at radius 1 is 1.35 bits per heavy atom. The average molecular weight is 234 g/mol. The Labute approximate surface area is 104 Å². The minimum Gasteiger partial charge on any atom is -0.395 e. The van der Waals surface area contributed by atoms with Crippen molar-refractivity contribution in [2.45, 2.75) is 32.6 Å². The van der Waals surface area contributed by atoms with Crippen molar-refractivity contribution in [1.82, 2.24) is 0 Å². The molecular weight excluding hydrogens is 212 g/mol. The zero-order valence-electron chi connectivity index (χ0n) is 11.0. The van der Waals surface area contributed by atoms with E-state index in [1.807, 2.05) is 0 Å². The van der Waals surface area contributed by atoms with Crippen LogP contribution in [0.1, 0.15) is 30.0 Å². The molecule has 1 saturated heterocycles. The Kier molecular flexibility index (Phi) is 3.55. The van der Waals surface area contributed by atoms with Crippen LogP contribution in [0.4, 0.5) is 0 Å². The number of hydrogen-bond acceptors (Lipinski definition) is 2. The molecule has 2 rings (SSSR count). The molecule has 0 aliphatic carbocycles. The van der Waals surface area contributed by atoms with Crippen LogP contribution in [0.15, 0.2) is 18.2 Å². The van der Waals surface area contributed by atoms with Gasteiger partial charge in [0.05, 0.1) is 19.8 Å². The van der Waals surface area contributed by atoms with Gasteiger partial charge in [0.25, 0.3) is 0 Å². The van der Waals surface area contributed by atoms with Gasteiger partial charge in [-0.1, -0.05) is 30.7 Å². The number of aryl methyl sites for hydroxylation is 2. The van der Waals surface area contributed by atoms with E-state index >= 15 is 0 Å². The van der Waals surface area contributed by atoms with E-state index in [9.17, 15) is 5.11 Å². The summed E-state index contributed by atoms with van der Waals surface area (Å²) < 4.78 is 5.23. The maximum absolute atomic E-state index is 9.76. The van der Waals surface area contributed by atoms with Crippen LogP contribution in [0.2, 0.25) is 0 Å². The molecule has 0 aromatic heterocycles. The lowest BCUT2D eigenvalue weighted by atomic mass is 9.73. The Balaban J connectivity index is 2.25. The molecule has 1 atom stereocenters. The van der Waals surface area contributed by atoms with E-state index in [-0.39, 0.29) is 12.0 Å². The summed E-state index contributed by atoms with van der Waals surface area (Å²) in [4.78, 5) is 0. The fourth-order valence-corrected chi connectivity index (χ4v) is 2.79. The maximum Gasteiger partial charge on any atom is 0.0525 e. The molecule has 1 fully saturated rings. The van der Waals surface area contributed by atoms with Crippen molar-refractivity contribution < 1.29 is 9.84 Å². The number of aliphatic hydroxyl groups is 1. The van der Waals surface area contributed by atoms with Crippen LogP contribution in [-0.4, -0.2) is 24.9 Å². The summed E-state index contributed by atoms with van der Waals surface area (Å²) in [5.74, 6) is 0.604. The van der Waals surface area contributed by atoms with Gasteiger partial charge in [0.1, 0.15) is 0 Å². The van der Waals surface area contributed by atoms with E-state index in [0.29, 0.717) is 5.92 Å². The SMILES string of the molecule is Cc1ccc(C(C)(CO)CC2COC2)c(C)c1.